The minimum atomic E-state index is -0.168. The van der Waals surface area contributed by atoms with Crippen LogP contribution < -0.4 is 11.3 Å². The topological polar surface area (TPSA) is 38.0 Å². The van der Waals surface area contributed by atoms with Gasteiger partial charge < -0.3 is 0 Å². The molecule has 0 spiro atoms. The van der Waals surface area contributed by atoms with Crippen LogP contribution in [0.5, 0.6) is 0 Å². The van der Waals surface area contributed by atoms with E-state index in [9.17, 15) is 4.39 Å². The van der Waals surface area contributed by atoms with E-state index in [-0.39, 0.29) is 11.9 Å². The molecule has 0 amide bonds. The average Bonchev–Trinajstić information content (AvgIpc) is 2.90. The number of aryl methyl sites for hydroxylation is 1. The van der Waals surface area contributed by atoms with Gasteiger partial charge >= 0.3 is 0 Å². The number of nitrogens with two attached hydrogens (primary N) is 1. The SMILES string of the molecule is Cc1cc(F)ccc1CC(CSC1CCCC1)NN. The first-order chi connectivity index (χ1) is 9.19. The molecule has 1 unspecified atom stereocenters. The lowest BCUT2D eigenvalue weighted by molar-refractivity contribution is 0.571. The molecule has 0 bridgehead atoms. The van der Waals surface area contributed by atoms with Gasteiger partial charge in [-0.25, -0.2) is 4.39 Å². The maximum atomic E-state index is 13.1. The van der Waals surface area contributed by atoms with Crippen molar-refractivity contribution in [1.29, 1.82) is 0 Å². The minimum Gasteiger partial charge on any atom is -0.271 e. The molecule has 0 aromatic heterocycles. The second-order valence-corrected chi connectivity index (χ2v) is 6.71. The van der Waals surface area contributed by atoms with Gasteiger partial charge in [0.2, 0.25) is 0 Å². The van der Waals surface area contributed by atoms with Crippen LogP contribution in [0, 0.1) is 12.7 Å². The predicted molar refractivity (Wildman–Crippen MR) is 80.7 cm³/mol. The number of hydrogen-bond acceptors (Lipinski definition) is 3. The van der Waals surface area contributed by atoms with Crippen molar-refractivity contribution in [3.63, 3.8) is 0 Å². The zero-order valence-electron chi connectivity index (χ0n) is 11.5. The highest BCUT2D eigenvalue weighted by Gasteiger charge is 2.18. The zero-order valence-corrected chi connectivity index (χ0v) is 12.3. The zero-order chi connectivity index (χ0) is 13.7. The maximum Gasteiger partial charge on any atom is 0.123 e. The Bertz CT molecular complexity index is 405. The highest BCUT2D eigenvalue weighted by molar-refractivity contribution is 7.99. The van der Waals surface area contributed by atoms with Crippen molar-refractivity contribution in [2.45, 2.75) is 50.3 Å². The number of halogens is 1. The van der Waals surface area contributed by atoms with Crippen molar-refractivity contribution >= 4 is 11.8 Å². The molecule has 3 N–H and O–H groups in total. The van der Waals surface area contributed by atoms with Gasteiger partial charge in [-0.05, 0) is 49.4 Å². The first-order valence-corrected chi connectivity index (χ1v) is 8.06. The Hall–Kier alpha value is -0.580. The molecule has 4 heteroatoms. The second-order valence-electron chi connectivity index (χ2n) is 5.38. The standard InChI is InChI=1S/C15H23FN2S/c1-11-8-13(16)7-6-12(11)9-14(18-17)10-19-15-4-2-3-5-15/h6-8,14-15,18H,2-5,9-10,17H2,1H3. The average molecular weight is 282 g/mol. The Morgan fingerprint density at radius 2 is 2.16 bits per heavy atom. The van der Waals surface area contributed by atoms with Gasteiger partial charge in [-0.3, -0.25) is 11.3 Å². The van der Waals surface area contributed by atoms with E-state index in [1.807, 2.05) is 24.8 Å². The molecular formula is C15H23FN2S. The number of nitrogens with one attached hydrogen (secondary N) is 1. The van der Waals surface area contributed by atoms with E-state index in [1.165, 1.54) is 37.3 Å². The van der Waals surface area contributed by atoms with Gasteiger partial charge in [0.1, 0.15) is 5.82 Å². The van der Waals surface area contributed by atoms with E-state index in [0.717, 1.165) is 23.0 Å². The lowest BCUT2D eigenvalue weighted by Gasteiger charge is -2.19. The van der Waals surface area contributed by atoms with Crippen molar-refractivity contribution in [3.8, 4) is 0 Å². The van der Waals surface area contributed by atoms with Crippen LogP contribution >= 0.6 is 11.8 Å². The lowest BCUT2D eigenvalue weighted by Crippen LogP contribution is -2.39. The van der Waals surface area contributed by atoms with Gasteiger partial charge in [-0.1, -0.05) is 18.9 Å². The van der Waals surface area contributed by atoms with Crippen LogP contribution in [0.1, 0.15) is 36.8 Å². The van der Waals surface area contributed by atoms with Gasteiger partial charge in [-0.2, -0.15) is 11.8 Å². The molecule has 2 rings (SSSR count). The third-order valence-electron chi connectivity index (χ3n) is 3.84. The van der Waals surface area contributed by atoms with Gasteiger partial charge in [0, 0.05) is 17.0 Å². The molecule has 1 atom stereocenters. The molecule has 19 heavy (non-hydrogen) atoms. The van der Waals surface area contributed by atoms with Gasteiger partial charge in [0.05, 0.1) is 0 Å². The monoisotopic (exact) mass is 282 g/mol. The summed E-state index contributed by atoms with van der Waals surface area (Å²) in [5, 5.41) is 0.810. The molecule has 0 saturated heterocycles. The van der Waals surface area contributed by atoms with E-state index in [2.05, 4.69) is 5.43 Å². The van der Waals surface area contributed by atoms with E-state index in [0.29, 0.717) is 0 Å². The van der Waals surface area contributed by atoms with Crippen molar-refractivity contribution in [2.24, 2.45) is 5.84 Å². The normalized spacial score (nSPS) is 17.8. The highest BCUT2D eigenvalue weighted by Crippen LogP contribution is 2.30. The number of thioether (sulfide) groups is 1. The summed E-state index contributed by atoms with van der Waals surface area (Å²) in [5.41, 5.74) is 5.08. The fourth-order valence-electron chi connectivity index (χ4n) is 2.63. The molecule has 106 valence electrons. The molecule has 1 fully saturated rings. The summed E-state index contributed by atoms with van der Waals surface area (Å²) in [6.45, 7) is 1.95. The first-order valence-electron chi connectivity index (χ1n) is 7.02. The van der Waals surface area contributed by atoms with Gasteiger partial charge in [0.25, 0.3) is 0 Å². The largest absolute Gasteiger partial charge is 0.271 e. The summed E-state index contributed by atoms with van der Waals surface area (Å²) in [7, 11) is 0. The highest BCUT2D eigenvalue weighted by atomic mass is 32.2. The molecule has 1 aromatic carbocycles. The van der Waals surface area contributed by atoms with Crippen molar-refractivity contribution in [3.05, 3.63) is 35.1 Å². The number of hydrogen-bond donors (Lipinski definition) is 2. The van der Waals surface area contributed by atoms with Crippen LogP contribution in [0.25, 0.3) is 0 Å². The smallest absolute Gasteiger partial charge is 0.123 e. The quantitative estimate of drug-likeness (QED) is 0.621. The molecule has 2 nitrogen and oxygen atoms in total. The van der Waals surface area contributed by atoms with Crippen molar-refractivity contribution in [2.75, 3.05) is 5.75 Å². The second kappa shape index (κ2) is 7.27. The molecule has 1 aliphatic carbocycles. The van der Waals surface area contributed by atoms with Gasteiger partial charge in [0.15, 0.2) is 0 Å². The summed E-state index contributed by atoms with van der Waals surface area (Å²) in [6, 6.07) is 5.25. The van der Waals surface area contributed by atoms with Crippen LogP contribution in [0.15, 0.2) is 18.2 Å². The summed E-state index contributed by atoms with van der Waals surface area (Å²) < 4.78 is 13.1. The van der Waals surface area contributed by atoms with E-state index in [4.69, 9.17) is 5.84 Å². The van der Waals surface area contributed by atoms with Crippen molar-refractivity contribution < 1.29 is 4.39 Å². The number of rotatable bonds is 6. The van der Waals surface area contributed by atoms with Crippen LogP contribution in [0.3, 0.4) is 0 Å². The fraction of sp³-hybridized carbons (Fsp3) is 0.600. The lowest BCUT2D eigenvalue weighted by atomic mass is 10.0. The maximum absolute atomic E-state index is 13.1. The Balaban J connectivity index is 1.86. The Morgan fingerprint density at radius 1 is 1.42 bits per heavy atom. The van der Waals surface area contributed by atoms with Crippen LogP contribution in [-0.4, -0.2) is 17.0 Å². The molecular weight excluding hydrogens is 259 g/mol. The summed E-state index contributed by atoms with van der Waals surface area (Å²) in [4.78, 5) is 0. The minimum absolute atomic E-state index is 0.168. The fourth-order valence-corrected chi connectivity index (χ4v) is 4.01. The molecule has 1 saturated carbocycles. The molecule has 0 radical (unpaired) electrons. The van der Waals surface area contributed by atoms with Crippen LogP contribution in [0.2, 0.25) is 0 Å². The first kappa shape index (κ1) is 14.8. The third kappa shape index (κ3) is 4.48. The van der Waals surface area contributed by atoms with Crippen molar-refractivity contribution in [1.82, 2.24) is 5.43 Å². The van der Waals surface area contributed by atoms with Crippen LogP contribution in [0.4, 0.5) is 4.39 Å². The number of benzene rings is 1. The molecule has 1 aliphatic rings. The Morgan fingerprint density at radius 3 is 2.79 bits per heavy atom. The van der Waals surface area contributed by atoms with Gasteiger partial charge in [-0.15, -0.1) is 0 Å². The van der Waals surface area contributed by atoms with E-state index >= 15 is 0 Å². The number of hydrazine groups is 1. The molecule has 0 heterocycles. The van der Waals surface area contributed by atoms with E-state index in [1.54, 1.807) is 6.07 Å². The summed E-state index contributed by atoms with van der Waals surface area (Å²) in [6.07, 6.45) is 6.29. The molecule has 0 aliphatic heterocycles. The van der Waals surface area contributed by atoms with Crippen LogP contribution in [-0.2, 0) is 6.42 Å². The molecule has 1 aromatic rings. The summed E-state index contributed by atoms with van der Waals surface area (Å²) >= 11 is 2.03. The predicted octanol–water partition coefficient (Wildman–Crippen LogP) is 3.18. The summed E-state index contributed by atoms with van der Waals surface area (Å²) in [5.74, 6) is 6.51. The third-order valence-corrected chi connectivity index (χ3v) is 5.38. The van der Waals surface area contributed by atoms with E-state index < -0.39 is 0 Å². The Kier molecular flexibility index (Phi) is 5.67. The Labute approximate surface area is 119 Å².